The van der Waals surface area contributed by atoms with Crippen LogP contribution in [-0.4, -0.2) is 35.7 Å². The van der Waals surface area contributed by atoms with Gasteiger partial charge in [0.1, 0.15) is 17.3 Å². The van der Waals surface area contributed by atoms with Crippen LogP contribution in [0, 0.1) is 6.92 Å². The first-order valence-electron chi connectivity index (χ1n) is 11.7. The number of hydrogen-bond donors (Lipinski definition) is 1. The van der Waals surface area contributed by atoms with Crippen LogP contribution in [0.4, 0.5) is 0 Å². The van der Waals surface area contributed by atoms with Gasteiger partial charge in [-0.2, -0.15) is 0 Å². The quantitative estimate of drug-likeness (QED) is 0.315. The highest BCUT2D eigenvalue weighted by Gasteiger charge is 2.11. The zero-order valence-electron chi connectivity index (χ0n) is 19.8. The number of hydrogen-bond acceptors (Lipinski definition) is 4. The van der Waals surface area contributed by atoms with Crippen LogP contribution in [0.2, 0.25) is 0 Å². The SMILES string of the molecule is COc1cccc(OCCCn2c(CCCNC(=O)c3cccc(C)c3)nc3ccccc32)c1. The summed E-state index contributed by atoms with van der Waals surface area (Å²) < 4.78 is 13.4. The summed E-state index contributed by atoms with van der Waals surface area (Å²) in [5.74, 6) is 2.59. The third-order valence-corrected chi connectivity index (χ3v) is 5.71. The smallest absolute Gasteiger partial charge is 0.251 e. The van der Waals surface area contributed by atoms with Gasteiger partial charge in [-0.15, -0.1) is 0 Å². The Kier molecular flexibility index (Phi) is 7.81. The van der Waals surface area contributed by atoms with Crippen LogP contribution in [0.25, 0.3) is 11.0 Å². The number of ether oxygens (including phenoxy) is 2. The molecule has 3 aromatic carbocycles. The van der Waals surface area contributed by atoms with Gasteiger partial charge in [0.05, 0.1) is 24.8 Å². The number of nitrogens with zero attached hydrogens (tertiary/aromatic N) is 2. The van der Waals surface area contributed by atoms with E-state index in [1.54, 1.807) is 7.11 Å². The van der Waals surface area contributed by atoms with Crippen molar-refractivity contribution in [1.82, 2.24) is 14.9 Å². The minimum absolute atomic E-state index is 0.0353. The lowest BCUT2D eigenvalue weighted by atomic mass is 10.1. The fourth-order valence-corrected chi connectivity index (χ4v) is 4.01. The third-order valence-electron chi connectivity index (χ3n) is 5.71. The lowest BCUT2D eigenvalue weighted by Gasteiger charge is -2.11. The van der Waals surface area contributed by atoms with Gasteiger partial charge in [-0.1, -0.05) is 35.9 Å². The number of imidazole rings is 1. The molecule has 0 fully saturated rings. The first-order valence-corrected chi connectivity index (χ1v) is 11.7. The molecular weight excluding hydrogens is 426 g/mol. The molecule has 6 nitrogen and oxygen atoms in total. The van der Waals surface area contributed by atoms with Crippen molar-refractivity contribution in [2.45, 2.75) is 32.7 Å². The maximum absolute atomic E-state index is 12.4. The maximum Gasteiger partial charge on any atom is 0.251 e. The molecule has 1 N–H and O–H groups in total. The number of aryl methyl sites for hydroxylation is 3. The van der Waals surface area contributed by atoms with E-state index in [1.807, 2.05) is 73.7 Å². The van der Waals surface area contributed by atoms with Crippen molar-refractivity contribution in [3.63, 3.8) is 0 Å². The van der Waals surface area contributed by atoms with E-state index < -0.39 is 0 Å². The molecule has 1 amide bonds. The molecule has 0 saturated carbocycles. The van der Waals surface area contributed by atoms with Crippen molar-refractivity contribution in [2.24, 2.45) is 0 Å². The van der Waals surface area contributed by atoms with Gasteiger partial charge >= 0.3 is 0 Å². The molecule has 0 saturated heterocycles. The number of carbonyl (C=O) groups excluding carboxylic acids is 1. The molecule has 0 aliphatic rings. The predicted molar refractivity (Wildman–Crippen MR) is 135 cm³/mol. The molecule has 0 unspecified atom stereocenters. The normalized spacial score (nSPS) is 10.9. The minimum Gasteiger partial charge on any atom is -0.497 e. The minimum atomic E-state index is -0.0353. The Labute approximate surface area is 200 Å². The second-order valence-corrected chi connectivity index (χ2v) is 8.28. The summed E-state index contributed by atoms with van der Waals surface area (Å²) in [4.78, 5) is 17.2. The van der Waals surface area contributed by atoms with E-state index in [-0.39, 0.29) is 5.91 Å². The lowest BCUT2D eigenvalue weighted by Crippen LogP contribution is -2.25. The predicted octanol–water partition coefficient (Wildman–Crippen LogP) is 5.19. The molecular formula is C28H31N3O3. The van der Waals surface area contributed by atoms with Crippen molar-refractivity contribution in [2.75, 3.05) is 20.3 Å². The molecule has 0 aliphatic carbocycles. The Morgan fingerprint density at radius 2 is 1.79 bits per heavy atom. The molecule has 0 aliphatic heterocycles. The maximum atomic E-state index is 12.4. The van der Waals surface area contributed by atoms with Crippen LogP contribution in [0.3, 0.4) is 0 Å². The average molecular weight is 458 g/mol. The van der Waals surface area contributed by atoms with Gasteiger partial charge in [-0.3, -0.25) is 4.79 Å². The molecule has 1 heterocycles. The molecule has 6 heteroatoms. The highest BCUT2D eigenvalue weighted by atomic mass is 16.5. The van der Waals surface area contributed by atoms with E-state index in [4.69, 9.17) is 14.5 Å². The molecule has 0 atom stereocenters. The second-order valence-electron chi connectivity index (χ2n) is 8.28. The number of benzene rings is 3. The van der Waals surface area contributed by atoms with E-state index in [2.05, 4.69) is 16.0 Å². The first-order chi connectivity index (χ1) is 16.6. The second kappa shape index (κ2) is 11.4. The van der Waals surface area contributed by atoms with Crippen LogP contribution >= 0.6 is 0 Å². The highest BCUT2D eigenvalue weighted by Crippen LogP contribution is 2.20. The van der Waals surface area contributed by atoms with Crippen LogP contribution in [0.1, 0.15) is 34.6 Å². The van der Waals surface area contributed by atoms with Gasteiger partial charge in [0.2, 0.25) is 0 Å². The van der Waals surface area contributed by atoms with Gasteiger partial charge in [-0.25, -0.2) is 4.98 Å². The average Bonchev–Trinajstić information content (AvgIpc) is 3.21. The van der Waals surface area contributed by atoms with E-state index in [1.165, 1.54) is 0 Å². The zero-order valence-corrected chi connectivity index (χ0v) is 19.8. The van der Waals surface area contributed by atoms with E-state index >= 15 is 0 Å². The number of amides is 1. The van der Waals surface area contributed by atoms with Crippen LogP contribution in [0.5, 0.6) is 11.5 Å². The van der Waals surface area contributed by atoms with Gasteiger partial charge in [0.25, 0.3) is 5.91 Å². The molecule has 4 aromatic rings. The molecule has 4 rings (SSSR count). The van der Waals surface area contributed by atoms with E-state index in [9.17, 15) is 4.79 Å². The molecule has 0 spiro atoms. The number of nitrogens with one attached hydrogen (secondary N) is 1. The largest absolute Gasteiger partial charge is 0.497 e. The third kappa shape index (κ3) is 5.95. The Hall–Kier alpha value is -3.80. The number of para-hydroxylation sites is 2. The Balaban J connectivity index is 1.32. The summed E-state index contributed by atoms with van der Waals surface area (Å²) in [6.07, 6.45) is 2.47. The molecule has 0 radical (unpaired) electrons. The molecule has 1 aromatic heterocycles. The van der Waals surface area contributed by atoms with Gasteiger partial charge in [0.15, 0.2) is 0 Å². The lowest BCUT2D eigenvalue weighted by molar-refractivity contribution is 0.0953. The van der Waals surface area contributed by atoms with Crippen molar-refractivity contribution < 1.29 is 14.3 Å². The van der Waals surface area contributed by atoms with Crippen LogP contribution < -0.4 is 14.8 Å². The van der Waals surface area contributed by atoms with Gasteiger partial charge in [0, 0.05) is 31.1 Å². The number of methoxy groups -OCH3 is 1. The van der Waals surface area contributed by atoms with Crippen LogP contribution in [0.15, 0.2) is 72.8 Å². The summed E-state index contributed by atoms with van der Waals surface area (Å²) >= 11 is 0. The summed E-state index contributed by atoms with van der Waals surface area (Å²) in [5, 5.41) is 3.02. The molecule has 34 heavy (non-hydrogen) atoms. The van der Waals surface area contributed by atoms with Gasteiger partial charge in [-0.05, 0) is 56.2 Å². The van der Waals surface area contributed by atoms with Crippen molar-refractivity contribution in [3.8, 4) is 11.5 Å². The first kappa shape index (κ1) is 23.4. The number of fused-ring (bicyclic) bond motifs is 1. The van der Waals surface area contributed by atoms with Crippen molar-refractivity contribution in [1.29, 1.82) is 0 Å². The zero-order chi connectivity index (χ0) is 23.8. The fraction of sp³-hybridized carbons (Fsp3) is 0.286. The number of carbonyl (C=O) groups is 1. The Bertz CT molecular complexity index is 1250. The van der Waals surface area contributed by atoms with Crippen molar-refractivity contribution >= 4 is 16.9 Å². The highest BCUT2D eigenvalue weighted by molar-refractivity contribution is 5.94. The van der Waals surface area contributed by atoms with E-state index in [0.29, 0.717) is 18.7 Å². The Morgan fingerprint density at radius 3 is 2.65 bits per heavy atom. The monoisotopic (exact) mass is 457 g/mol. The summed E-state index contributed by atoms with van der Waals surface area (Å²) in [6.45, 7) is 4.01. The fourth-order valence-electron chi connectivity index (χ4n) is 4.01. The van der Waals surface area contributed by atoms with Crippen molar-refractivity contribution in [3.05, 3.63) is 89.7 Å². The number of aromatic nitrogens is 2. The number of rotatable bonds is 11. The summed E-state index contributed by atoms with van der Waals surface area (Å²) in [6, 6.07) is 23.5. The summed E-state index contributed by atoms with van der Waals surface area (Å²) in [7, 11) is 1.65. The summed E-state index contributed by atoms with van der Waals surface area (Å²) in [5.41, 5.74) is 3.90. The molecule has 0 bridgehead atoms. The standard InChI is InChI=1S/C28H31N3O3/c1-21-9-5-10-22(19-21)28(32)29-16-7-15-27-30-25-13-3-4-14-26(25)31(27)17-8-18-34-24-12-6-11-23(20-24)33-2/h3-6,9-14,19-20H,7-8,15-18H2,1-2H3,(H,29,32). The van der Waals surface area contributed by atoms with Gasteiger partial charge < -0.3 is 19.4 Å². The Morgan fingerprint density at radius 1 is 0.971 bits per heavy atom. The topological polar surface area (TPSA) is 65.4 Å². The van der Waals surface area contributed by atoms with E-state index in [0.717, 1.165) is 59.7 Å². The molecule has 176 valence electrons. The van der Waals surface area contributed by atoms with Crippen LogP contribution in [-0.2, 0) is 13.0 Å².